The summed E-state index contributed by atoms with van der Waals surface area (Å²) in [7, 11) is 2.90. The van der Waals surface area contributed by atoms with Crippen molar-refractivity contribution < 1.29 is 27.8 Å². The first kappa shape index (κ1) is 21.9. The van der Waals surface area contributed by atoms with Crippen molar-refractivity contribution in [3.8, 4) is 11.5 Å². The Kier molecular flexibility index (Phi) is 6.63. The lowest BCUT2D eigenvalue weighted by molar-refractivity contribution is 0.0460. The number of carbonyl (C=O) groups excluding carboxylic acids is 2. The first-order chi connectivity index (χ1) is 13.5. The van der Waals surface area contributed by atoms with Crippen molar-refractivity contribution in [1.82, 2.24) is 10.4 Å². The molecule has 7 nitrogen and oxygen atoms in total. The van der Waals surface area contributed by atoms with Gasteiger partial charge in [-0.3, -0.25) is 4.79 Å². The molecule has 29 heavy (non-hydrogen) atoms. The number of hydrazine groups is 1. The maximum absolute atomic E-state index is 13.8. The van der Waals surface area contributed by atoms with E-state index in [0.29, 0.717) is 11.5 Å². The molecule has 156 valence electrons. The van der Waals surface area contributed by atoms with Gasteiger partial charge in [-0.1, -0.05) is 0 Å². The van der Waals surface area contributed by atoms with Crippen molar-refractivity contribution in [2.75, 3.05) is 19.5 Å². The normalized spacial score (nSPS) is 10.9. The molecule has 2 N–H and O–H groups in total. The quantitative estimate of drug-likeness (QED) is 0.752. The topological polar surface area (TPSA) is 79.9 Å². The van der Waals surface area contributed by atoms with Gasteiger partial charge in [0, 0.05) is 17.7 Å². The number of carbonyl (C=O) groups is 2. The van der Waals surface area contributed by atoms with Gasteiger partial charge >= 0.3 is 6.03 Å². The van der Waals surface area contributed by atoms with Crippen LogP contribution in [0.15, 0.2) is 36.4 Å². The molecule has 0 unspecified atom stereocenters. The predicted molar refractivity (Wildman–Crippen MR) is 104 cm³/mol. The Balaban J connectivity index is 2.29. The fourth-order valence-electron chi connectivity index (χ4n) is 2.43. The monoisotopic (exact) mass is 407 g/mol. The van der Waals surface area contributed by atoms with Crippen LogP contribution in [-0.2, 0) is 0 Å². The first-order valence-corrected chi connectivity index (χ1v) is 8.65. The molecule has 0 aliphatic rings. The van der Waals surface area contributed by atoms with E-state index in [1.165, 1.54) is 26.4 Å². The van der Waals surface area contributed by atoms with Crippen LogP contribution in [0, 0.1) is 11.6 Å². The third kappa shape index (κ3) is 5.56. The van der Waals surface area contributed by atoms with E-state index >= 15 is 0 Å². The predicted octanol–water partition coefficient (Wildman–Crippen LogP) is 3.96. The summed E-state index contributed by atoms with van der Waals surface area (Å²) in [5.74, 6) is -1.29. The van der Waals surface area contributed by atoms with Gasteiger partial charge in [0.1, 0.15) is 23.1 Å². The molecule has 0 aliphatic carbocycles. The van der Waals surface area contributed by atoms with Crippen LogP contribution in [0.5, 0.6) is 11.5 Å². The average molecular weight is 407 g/mol. The molecule has 0 atom stereocenters. The van der Waals surface area contributed by atoms with E-state index in [-0.39, 0.29) is 11.3 Å². The van der Waals surface area contributed by atoms with Gasteiger partial charge in [0.05, 0.1) is 25.4 Å². The smallest absolute Gasteiger partial charge is 0.338 e. The lowest BCUT2D eigenvalue weighted by atomic mass is 10.1. The van der Waals surface area contributed by atoms with Gasteiger partial charge in [0.15, 0.2) is 0 Å². The van der Waals surface area contributed by atoms with Crippen LogP contribution in [0.4, 0.5) is 19.3 Å². The third-order valence-corrected chi connectivity index (χ3v) is 3.86. The fraction of sp³-hybridized carbons (Fsp3) is 0.300. The van der Waals surface area contributed by atoms with E-state index in [0.717, 1.165) is 23.2 Å². The van der Waals surface area contributed by atoms with Gasteiger partial charge in [0.2, 0.25) is 0 Å². The summed E-state index contributed by atoms with van der Waals surface area (Å²) in [5.41, 5.74) is 1.39. The third-order valence-electron chi connectivity index (χ3n) is 3.86. The van der Waals surface area contributed by atoms with Gasteiger partial charge in [-0.2, -0.15) is 0 Å². The Morgan fingerprint density at radius 1 is 0.966 bits per heavy atom. The Morgan fingerprint density at radius 2 is 1.55 bits per heavy atom. The number of methoxy groups -OCH3 is 2. The summed E-state index contributed by atoms with van der Waals surface area (Å²) < 4.78 is 37.4. The van der Waals surface area contributed by atoms with Crippen molar-refractivity contribution in [1.29, 1.82) is 0 Å². The van der Waals surface area contributed by atoms with Crippen LogP contribution in [0.3, 0.4) is 0 Å². The second kappa shape index (κ2) is 8.76. The number of hydrogen-bond acceptors (Lipinski definition) is 4. The molecule has 0 fully saturated rings. The van der Waals surface area contributed by atoms with Crippen molar-refractivity contribution in [3.05, 3.63) is 53.6 Å². The van der Waals surface area contributed by atoms with Crippen LogP contribution in [0.2, 0.25) is 0 Å². The van der Waals surface area contributed by atoms with Crippen molar-refractivity contribution in [2.24, 2.45) is 0 Å². The maximum atomic E-state index is 13.8. The molecular formula is C20H23F2N3O4. The summed E-state index contributed by atoms with van der Waals surface area (Å²) >= 11 is 0. The molecule has 2 aromatic rings. The van der Waals surface area contributed by atoms with E-state index in [2.05, 4.69) is 10.7 Å². The number of rotatable bonds is 4. The second-order valence-corrected chi connectivity index (χ2v) is 7.10. The Bertz CT molecular complexity index is 891. The minimum Gasteiger partial charge on any atom is -0.497 e. The largest absolute Gasteiger partial charge is 0.497 e. The van der Waals surface area contributed by atoms with Crippen LogP contribution in [0.25, 0.3) is 0 Å². The number of nitrogens with zero attached hydrogens (tertiary/aromatic N) is 1. The number of ether oxygens (including phenoxy) is 2. The highest BCUT2D eigenvalue weighted by atomic mass is 19.1. The van der Waals surface area contributed by atoms with Crippen LogP contribution >= 0.6 is 0 Å². The van der Waals surface area contributed by atoms with Gasteiger partial charge in [-0.25, -0.2) is 24.0 Å². The van der Waals surface area contributed by atoms with Crippen molar-refractivity contribution >= 4 is 17.6 Å². The van der Waals surface area contributed by atoms with E-state index in [1.54, 1.807) is 26.8 Å². The SMILES string of the molecule is COc1cc(OC)cc(C(=O)N(NC(=O)Nc2cc(F)ccc2F)C(C)(C)C)c1. The van der Waals surface area contributed by atoms with Crippen molar-refractivity contribution in [3.63, 3.8) is 0 Å². The highest BCUT2D eigenvalue weighted by molar-refractivity contribution is 5.98. The molecule has 0 radical (unpaired) electrons. The number of halogens is 2. The summed E-state index contributed by atoms with van der Waals surface area (Å²) in [6.45, 7) is 5.10. The van der Waals surface area contributed by atoms with Crippen molar-refractivity contribution in [2.45, 2.75) is 26.3 Å². The molecule has 0 spiro atoms. The Hall–Kier alpha value is -3.36. The zero-order chi connectivity index (χ0) is 21.8. The Morgan fingerprint density at radius 3 is 2.07 bits per heavy atom. The average Bonchev–Trinajstić information content (AvgIpc) is 2.67. The molecule has 3 amide bonds. The molecule has 0 aromatic heterocycles. The van der Waals surface area contributed by atoms with Crippen LogP contribution < -0.4 is 20.2 Å². The van der Waals surface area contributed by atoms with Crippen LogP contribution in [0.1, 0.15) is 31.1 Å². The van der Waals surface area contributed by atoms with E-state index in [4.69, 9.17) is 9.47 Å². The van der Waals surface area contributed by atoms with Gasteiger partial charge in [-0.05, 0) is 45.0 Å². The van der Waals surface area contributed by atoms with E-state index in [9.17, 15) is 18.4 Å². The van der Waals surface area contributed by atoms with Crippen LogP contribution in [-0.4, -0.2) is 36.7 Å². The zero-order valence-corrected chi connectivity index (χ0v) is 16.8. The molecule has 0 saturated carbocycles. The number of amides is 3. The summed E-state index contributed by atoms with van der Waals surface area (Å²) in [6.07, 6.45) is 0. The van der Waals surface area contributed by atoms with Gasteiger partial charge < -0.3 is 14.8 Å². The lowest BCUT2D eigenvalue weighted by Gasteiger charge is -2.35. The molecule has 9 heteroatoms. The lowest BCUT2D eigenvalue weighted by Crippen LogP contribution is -2.56. The fourth-order valence-corrected chi connectivity index (χ4v) is 2.43. The molecular weight excluding hydrogens is 384 g/mol. The number of hydrogen-bond donors (Lipinski definition) is 2. The van der Waals surface area contributed by atoms with Gasteiger partial charge in [0.25, 0.3) is 5.91 Å². The highest BCUT2D eigenvalue weighted by Crippen LogP contribution is 2.25. The summed E-state index contributed by atoms with van der Waals surface area (Å²) in [6, 6.07) is 6.34. The summed E-state index contributed by atoms with van der Waals surface area (Å²) in [5, 5.41) is 3.27. The summed E-state index contributed by atoms with van der Waals surface area (Å²) in [4.78, 5) is 25.4. The maximum Gasteiger partial charge on any atom is 0.338 e. The molecule has 2 aromatic carbocycles. The molecule has 0 aliphatic heterocycles. The minimum absolute atomic E-state index is 0.202. The number of nitrogens with one attached hydrogen (secondary N) is 2. The standard InChI is InChI=1S/C20H23F2N3O4/c1-20(2,3)25(18(26)12-8-14(28-4)11-15(9-12)29-5)24-19(27)23-17-10-13(21)6-7-16(17)22/h6-11H,1-5H3,(H2,23,24,27). The zero-order valence-electron chi connectivity index (χ0n) is 16.8. The number of benzene rings is 2. The van der Waals surface area contributed by atoms with Gasteiger partial charge in [-0.15, -0.1) is 0 Å². The minimum atomic E-state index is -0.910. The molecule has 0 saturated heterocycles. The van der Waals surface area contributed by atoms with E-state index in [1.807, 2.05) is 0 Å². The number of anilines is 1. The molecule has 0 heterocycles. The molecule has 0 bridgehead atoms. The molecule has 2 rings (SSSR count). The number of urea groups is 1. The first-order valence-electron chi connectivity index (χ1n) is 8.65. The second-order valence-electron chi connectivity index (χ2n) is 7.10. The Labute approximate surface area is 167 Å². The van der Waals surface area contributed by atoms with E-state index < -0.39 is 29.1 Å². The highest BCUT2D eigenvalue weighted by Gasteiger charge is 2.30.